The first-order valence-electron chi connectivity index (χ1n) is 9.84. The second-order valence-corrected chi connectivity index (χ2v) is 7.64. The Bertz CT molecular complexity index is 1190. The van der Waals surface area contributed by atoms with Crippen LogP contribution in [0, 0.1) is 0 Å². The van der Waals surface area contributed by atoms with Crippen LogP contribution in [0.1, 0.15) is 11.1 Å². The SMILES string of the molecule is COc1cc2c(cc1OC)CN(C(=O)Cn1nc(-c3ccccc3Cl)ccc1=O)CC2. The molecule has 0 fully saturated rings. The van der Waals surface area contributed by atoms with Gasteiger partial charge in [-0.3, -0.25) is 9.59 Å². The Morgan fingerprint density at radius 3 is 2.48 bits per heavy atom. The van der Waals surface area contributed by atoms with E-state index in [0.29, 0.717) is 47.3 Å². The van der Waals surface area contributed by atoms with Crippen LogP contribution in [-0.2, 0) is 24.3 Å². The fourth-order valence-corrected chi connectivity index (χ4v) is 3.93. The second kappa shape index (κ2) is 8.81. The van der Waals surface area contributed by atoms with Crippen molar-refractivity contribution >= 4 is 17.5 Å². The smallest absolute Gasteiger partial charge is 0.267 e. The zero-order chi connectivity index (χ0) is 22.0. The fourth-order valence-electron chi connectivity index (χ4n) is 3.70. The number of carbonyl (C=O) groups is 1. The molecule has 1 aromatic heterocycles. The molecule has 2 aromatic carbocycles. The van der Waals surface area contributed by atoms with Crippen molar-refractivity contribution in [3.05, 3.63) is 75.0 Å². The summed E-state index contributed by atoms with van der Waals surface area (Å²) in [6.45, 7) is 0.855. The molecular weight excluding hydrogens is 418 g/mol. The molecule has 4 rings (SSSR count). The maximum atomic E-state index is 13.0. The Labute approximate surface area is 184 Å². The Morgan fingerprint density at radius 1 is 1.06 bits per heavy atom. The Kier molecular flexibility index (Phi) is 5.95. The number of nitrogens with zero attached hydrogens (tertiary/aromatic N) is 3. The number of fused-ring (bicyclic) bond motifs is 1. The topological polar surface area (TPSA) is 73.7 Å². The van der Waals surface area contributed by atoms with E-state index in [1.807, 2.05) is 30.3 Å². The number of rotatable bonds is 5. The molecule has 160 valence electrons. The molecule has 0 atom stereocenters. The molecule has 1 amide bonds. The second-order valence-electron chi connectivity index (χ2n) is 7.24. The predicted octanol–water partition coefficient (Wildman–Crippen LogP) is 3.17. The lowest BCUT2D eigenvalue weighted by Gasteiger charge is -2.29. The number of amides is 1. The van der Waals surface area contributed by atoms with Crippen LogP contribution in [0.2, 0.25) is 5.02 Å². The highest BCUT2D eigenvalue weighted by Crippen LogP contribution is 2.33. The fraction of sp³-hybridized carbons (Fsp3) is 0.261. The van der Waals surface area contributed by atoms with E-state index in [0.717, 1.165) is 11.1 Å². The summed E-state index contributed by atoms with van der Waals surface area (Å²) in [5.74, 6) is 1.13. The molecule has 0 spiro atoms. The number of hydrogen-bond donors (Lipinski definition) is 0. The molecule has 0 bridgehead atoms. The molecule has 7 nitrogen and oxygen atoms in total. The van der Waals surface area contributed by atoms with E-state index >= 15 is 0 Å². The number of aromatic nitrogens is 2. The summed E-state index contributed by atoms with van der Waals surface area (Å²) < 4.78 is 11.9. The van der Waals surface area contributed by atoms with Crippen LogP contribution in [0.4, 0.5) is 0 Å². The van der Waals surface area contributed by atoms with Crippen LogP contribution in [0.15, 0.2) is 53.3 Å². The number of methoxy groups -OCH3 is 2. The van der Waals surface area contributed by atoms with E-state index in [2.05, 4.69) is 5.10 Å². The van der Waals surface area contributed by atoms with Crippen LogP contribution in [0.5, 0.6) is 11.5 Å². The molecule has 0 N–H and O–H groups in total. The molecule has 3 aromatic rings. The lowest BCUT2D eigenvalue weighted by Crippen LogP contribution is -2.40. The Hall–Kier alpha value is -3.32. The summed E-state index contributed by atoms with van der Waals surface area (Å²) in [4.78, 5) is 27.0. The van der Waals surface area contributed by atoms with Crippen molar-refractivity contribution in [2.24, 2.45) is 0 Å². The predicted molar refractivity (Wildman–Crippen MR) is 118 cm³/mol. The summed E-state index contributed by atoms with van der Waals surface area (Å²) in [7, 11) is 3.18. The average molecular weight is 440 g/mol. The van der Waals surface area contributed by atoms with E-state index in [4.69, 9.17) is 21.1 Å². The highest BCUT2D eigenvalue weighted by Gasteiger charge is 2.23. The van der Waals surface area contributed by atoms with Gasteiger partial charge in [-0.1, -0.05) is 29.8 Å². The van der Waals surface area contributed by atoms with Crippen molar-refractivity contribution in [1.29, 1.82) is 0 Å². The number of carbonyl (C=O) groups excluding carboxylic acids is 1. The van der Waals surface area contributed by atoms with Crippen molar-refractivity contribution in [3.63, 3.8) is 0 Å². The van der Waals surface area contributed by atoms with E-state index in [1.165, 1.54) is 10.7 Å². The van der Waals surface area contributed by atoms with Gasteiger partial charge in [0.25, 0.3) is 5.56 Å². The molecule has 0 saturated heterocycles. The molecular formula is C23H22ClN3O4. The third-order valence-electron chi connectivity index (χ3n) is 5.37. The molecule has 0 aliphatic carbocycles. The van der Waals surface area contributed by atoms with Crippen LogP contribution >= 0.6 is 11.6 Å². The zero-order valence-electron chi connectivity index (χ0n) is 17.3. The van der Waals surface area contributed by atoms with Crippen LogP contribution in [0.25, 0.3) is 11.3 Å². The average Bonchev–Trinajstić information content (AvgIpc) is 2.79. The minimum Gasteiger partial charge on any atom is -0.493 e. The minimum absolute atomic E-state index is 0.139. The summed E-state index contributed by atoms with van der Waals surface area (Å²) in [5.41, 5.74) is 3.03. The van der Waals surface area contributed by atoms with Gasteiger partial charge in [-0.2, -0.15) is 5.10 Å². The molecule has 1 aliphatic rings. The van der Waals surface area contributed by atoms with Gasteiger partial charge in [0.05, 0.1) is 24.9 Å². The van der Waals surface area contributed by atoms with Gasteiger partial charge in [-0.25, -0.2) is 4.68 Å². The standard InChI is InChI=1S/C23H22ClN3O4/c1-30-20-11-15-9-10-26(13-16(15)12-21(20)31-2)23(29)14-27-22(28)8-7-19(25-27)17-5-3-4-6-18(17)24/h3-8,11-12H,9-10,13-14H2,1-2H3. The lowest BCUT2D eigenvalue weighted by molar-refractivity contribution is -0.133. The number of benzene rings is 2. The highest BCUT2D eigenvalue weighted by molar-refractivity contribution is 6.33. The van der Waals surface area contributed by atoms with Crippen LogP contribution in [0.3, 0.4) is 0 Å². The molecule has 1 aliphatic heterocycles. The third kappa shape index (κ3) is 4.27. The van der Waals surface area contributed by atoms with E-state index < -0.39 is 0 Å². The monoisotopic (exact) mass is 439 g/mol. The van der Waals surface area contributed by atoms with Gasteiger partial charge >= 0.3 is 0 Å². The summed E-state index contributed by atoms with van der Waals surface area (Å²) in [6, 6.07) is 14.1. The number of halogens is 1. The van der Waals surface area contributed by atoms with E-state index in [-0.39, 0.29) is 18.0 Å². The van der Waals surface area contributed by atoms with Gasteiger partial charge in [0.1, 0.15) is 6.54 Å². The number of ether oxygens (including phenoxy) is 2. The summed E-state index contributed by atoms with van der Waals surface area (Å²) in [6.07, 6.45) is 0.698. The summed E-state index contributed by atoms with van der Waals surface area (Å²) >= 11 is 6.25. The third-order valence-corrected chi connectivity index (χ3v) is 5.70. The lowest BCUT2D eigenvalue weighted by atomic mass is 9.98. The quantitative estimate of drug-likeness (QED) is 0.610. The zero-order valence-corrected chi connectivity index (χ0v) is 18.1. The first kappa shape index (κ1) is 20.9. The maximum absolute atomic E-state index is 13.0. The molecule has 0 unspecified atom stereocenters. The first-order chi connectivity index (χ1) is 15.0. The van der Waals surface area contributed by atoms with Gasteiger partial charge < -0.3 is 14.4 Å². The van der Waals surface area contributed by atoms with Crippen LogP contribution in [-0.4, -0.2) is 41.4 Å². The normalized spacial score (nSPS) is 12.9. The van der Waals surface area contributed by atoms with Crippen molar-refractivity contribution < 1.29 is 14.3 Å². The molecule has 0 radical (unpaired) electrons. The molecule has 0 saturated carbocycles. The Morgan fingerprint density at radius 2 is 1.77 bits per heavy atom. The molecule has 8 heteroatoms. The van der Waals surface area contributed by atoms with E-state index in [9.17, 15) is 9.59 Å². The van der Waals surface area contributed by atoms with Crippen LogP contribution < -0.4 is 15.0 Å². The molecule has 2 heterocycles. The summed E-state index contributed by atoms with van der Waals surface area (Å²) in [5, 5.41) is 4.90. The van der Waals surface area contributed by atoms with Gasteiger partial charge in [0, 0.05) is 24.7 Å². The van der Waals surface area contributed by atoms with E-state index in [1.54, 1.807) is 31.3 Å². The van der Waals surface area contributed by atoms with Gasteiger partial charge in [0.2, 0.25) is 5.91 Å². The highest BCUT2D eigenvalue weighted by atomic mass is 35.5. The van der Waals surface area contributed by atoms with Gasteiger partial charge in [0.15, 0.2) is 11.5 Å². The number of hydrogen-bond acceptors (Lipinski definition) is 5. The Balaban J connectivity index is 1.55. The van der Waals surface area contributed by atoms with Crippen molar-refractivity contribution in [2.75, 3.05) is 20.8 Å². The first-order valence-corrected chi connectivity index (χ1v) is 10.2. The largest absolute Gasteiger partial charge is 0.493 e. The van der Waals surface area contributed by atoms with Gasteiger partial charge in [-0.05, 0) is 41.8 Å². The molecule has 31 heavy (non-hydrogen) atoms. The maximum Gasteiger partial charge on any atom is 0.267 e. The van der Waals surface area contributed by atoms with Gasteiger partial charge in [-0.15, -0.1) is 0 Å². The van der Waals surface area contributed by atoms with Crippen molar-refractivity contribution in [1.82, 2.24) is 14.7 Å². The van der Waals surface area contributed by atoms with Crippen molar-refractivity contribution in [2.45, 2.75) is 19.5 Å². The minimum atomic E-state index is -0.340. The van der Waals surface area contributed by atoms with Crippen molar-refractivity contribution in [3.8, 4) is 22.8 Å².